The number of methoxy groups -OCH3 is 1. The molecule has 1 fully saturated rings. The molecule has 4 nitrogen and oxygen atoms in total. The maximum atomic E-state index is 7.11. The van der Waals surface area contributed by atoms with Crippen molar-refractivity contribution in [1.29, 1.82) is 0 Å². The average molecular weight is 273 g/mol. The number of aromatic nitrogens is 1. The number of ether oxygens (including phenoxy) is 1. The highest BCUT2D eigenvalue weighted by Gasteiger charge is 2.51. The van der Waals surface area contributed by atoms with Gasteiger partial charge in [-0.25, -0.2) is 4.98 Å². The van der Waals surface area contributed by atoms with Crippen LogP contribution >= 0.6 is 11.6 Å². The molecule has 0 N–H and O–H groups in total. The van der Waals surface area contributed by atoms with Gasteiger partial charge < -0.3 is 14.0 Å². The highest BCUT2D eigenvalue weighted by atomic mass is 35.5. The molecular weight excluding hydrogens is 252 g/mol. The molecule has 1 aliphatic rings. The molecule has 18 heavy (non-hydrogen) atoms. The van der Waals surface area contributed by atoms with Gasteiger partial charge in [-0.3, -0.25) is 0 Å². The standard InChI is InChI=1S/C12H17BClNO3/c1-11(2)12(3,4)18-13(17-11)8-6-9(14)15-10(7-8)16-5/h6-7H,1-5H3/i5D3. The lowest BCUT2D eigenvalue weighted by Crippen LogP contribution is -2.41. The van der Waals surface area contributed by atoms with E-state index in [0.717, 1.165) is 0 Å². The molecule has 0 aliphatic carbocycles. The summed E-state index contributed by atoms with van der Waals surface area (Å²) in [7, 11) is -3.25. The smallest absolute Gasteiger partial charge is 0.481 e. The third kappa shape index (κ3) is 2.35. The molecule has 98 valence electrons. The summed E-state index contributed by atoms with van der Waals surface area (Å²) < 4.78 is 37.9. The predicted molar refractivity (Wildman–Crippen MR) is 71.5 cm³/mol. The Morgan fingerprint density at radius 2 is 1.89 bits per heavy atom. The monoisotopic (exact) mass is 272 g/mol. The molecule has 1 saturated heterocycles. The van der Waals surface area contributed by atoms with Crippen LogP contribution in [0.5, 0.6) is 5.88 Å². The number of hydrogen-bond donors (Lipinski definition) is 0. The summed E-state index contributed by atoms with van der Waals surface area (Å²) in [5, 5.41) is 0.112. The quantitative estimate of drug-likeness (QED) is 0.610. The average Bonchev–Trinajstić information content (AvgIpc) is 2.44. The normalized spacial score (nSPS) is 24.3. The lowest BCUT2D eigenvalue weighted by Gasteiger charge is -2.32. The van der Waals surface area contributed by atoms with Gasteiger partial charge in [-0.1, -0.05) is 11.6 Å². The Morgan fingerprint density at radius 3 is 2.44 bits per heavy atom. The fraction of sp³-hybridized carbons (Fsp3) is 0.583. The second kappa shape index (κ2) is 4.40. The summed E-state index contributed by atoms with van der Waals surface area (Å²) in [4.78, 5) is 3.84. The summed E-state index contributed by atoms with van der Waals surface area (Å²) in [5.41, 5.74) is -0.440. The third-order valence-electron chi connectivity index (χ3n) is 3.42. The summed E-state index contributed by atoms with van der Waals surface area (Å²) in [6.07, 6.45) is 0. The highest BCUT2D eigenvalue weighted by molar-refractivity contribution is 6.62. The number of rotatable bonds is 2. The molecular formula is C12H17BClNO3. The van der Waals surface area contributed by atoms with Gasteiger partial charge in [0.2, 0.25) is 5.88 Å². The minimum Gasteiger partial charge on any atom is -0.481 e. The van der Waals surface area contributed by atoms with Gasteiger partial charge in [0.05, 0.1) is 22.4 Å². The van der Waals surface area contributed by atoms with Crippen LogP contribution in [0.2, 0.25) is 5.15 Å². The number of halogens is 1. The Kier molecular flexibility index (Phi) is 2.46. The molecule has 0 radical (unpaired) electrons. The van der Waals surface area contributed by atoms with Gasteiger partial charge in [0, 0.05) is 6.07 Å². The van der Waals surface area contributed by atoms with E-state index in [0.29, 0.717) is 5.46 Å². The van der Waals surface area contributed by atoms with Crippen LogP contribution in [0, 0.1) is 0 Å². The van der Waals surface area contributed by atoms with Gasteiger partial charge in [-0.2, -0.15) is 0 Å². The fourth-order valence-electron chi connectivity index (χ4n) is 1.66. The summed E-state index contributed by atoms with van der Waals surface area (Å²) in [6, 6.07) is 3.02. The van der Waals surface area contributed by atoms with Crippen molar-refractivity contribution in [1.82, 2.24) is 4.98 Å². The molecule has 2 heterocycles. The van der Waals surface area contributed by atoms with Gasteiger partial charge in [0.1, 0.15) is 5.15 Å². The van der Waals surface area contributed by atoms with Crippen molar-refractivity contribution in [2.24, 2.45) is 0 Å². The summed E-state index contributed by atoms with van der Waals surface area (Å²) in [5.74, 6) is -0.0905. The molecule has 0 aromatic carbocycles. The Balaban J connectivity index is 2.30. The maximum Gasteiger partial charge on any atom is 0.495 e. The van der Waals surface area contributed by atoms with Crippen molar-refractivity contribution in [2.75, 3.05) is 7.04 Å². The fourth-order valence-corrected chi connectivity index (χ4v) is 1.87. The van der Waals surface area contributed by atoms with Crippen LogP contribution < -0.4 is 10.2 Å². The van der Waals surface area contributed by atoms with E-state index in [1.807, 2.05) is 27.7 Å². The summed E-state index contributed by atoms with van der Waals surface area (Å²) in [6.45, 7) is 7.70. The minimum absolute atomic E-state index is 0.0905. The Hall–Kier alpha value is -0.775. The molecule has 1 aromatic rings. The SMILES string of the molecule is [2H]C([2H])([2H])Oc1cc(B2OC(C)(C)C(C)(C)O2)cc(Cl)n1. The topological polar surface area (TPSA) is 40.6 Å². The zero-order valence-corrected chi connectivity index (χ0v) is 11.5. The Bertz CT molecular complexity index is 535. The molecule has 1 aromatic heterocycles. The van der Waals surface area contributed by atoms with E-state index in [4.69, 9.17) is 29.8 Å². The molecule has 0 saturated carbocycles. The Labute approximate surface area is 117 Å². The lowest BCUT2D eigenvalue weighted by atomic mass is 9.80. The van der Waals surface area contributed by atoms with Gasteiger partial charge >= 0.3 is 7.12 Å². The number of nitrogens with zero attached hydrogens (tertiary/aromatic N) is 1. The van der Waals surface area contributed by atoms with E-state index < -0.39 is 25.4 Å². The molecule has 6 heteroatoms. The first-order chi connectivity index (χ1) is 9.40. The third-order valence-corrected chi connectivity index (χ3v) is 3.62. The molecule has 0 amide bonds. The highest BCUT2D eigenvalue weighted by Crippen LogP contribution is 2.36. The zero-order chi connectivity index (χ0) is 16.1. The minimum atomic E-state index is -2.59. The van der Waals surface area contributed by atoms with Crippen molar-refractivity contribution in [3.8, 4) is 5.88 Å². The van der Waals surface area contributed by atoms with E-state index >= 15 is 0 Å². The van der Waals surface area contributed by atoms with Crippen LogP contribution in [0.25, 0.3) is 0 Å². The largest absolute Gasteiger partial charge is 0.495 e. The van der Waals surface area contributed by atoms with Crippen LogP contribution in [0.1, 0.15) is 31.8 Å². The van der Waals surface area contributed by atoms with E-state index in [-0.39, 0.29) is 11.0 Å². The number of pyridine rings is 1. The first-order valence-corrected chi connectivity index (χ1v) is 6.00. The first-order valence-electron chi connectivity index (χ1n) is 7.12. The number of hydrogen-bond acceptors (Lipinski definition) is 4. The van der Waals surface area contributed by atoms with E-state index in [1.165, 1.54) is 6.07 Å². The summed E-state index contributed by atoms with van der Waals surface area (Å²) >= 11 is 5.91. The predicted octanol–water partition coefficient (Wildman–Crippen LogP) is 2.04. The van der Waals surface area contributed by atoms with Crippen LogP contribution in [-0.4, -0.2) is 30.3 Å². The van der Waals surface area contributed by atoms with E-state index in [2.05, 4.69) is 4.98 Å². The second-order valence-corrected chi connectivity index (χ2v) is 5.64. The van der Waals surface area contributed by atoms with Crippen molar-refractivity contribution < 1.29 is 18.2 Å². The molecule has 2 rings (SSSR count). The van der Waals surface area contributed by atoms with Crippen LogP contribution in [-0.2, 0) is 9.31 Å². The Morgan fingerprint density at radius 1 is 1.28 bits per heavy atom. The van der Waals surface area contributed by atoms with Crippen molar-refractivity contribution in [3.63, 3.8) is 0 Å². The maximum absolute atomic E-state index is 7.11. The van der Waals surface area contributed by atoms with Crippen LogP contribution in [0.15, 0.2) is 12.1 Å². The van der Waals surface area contributed by atoms with E-state index in [9.17, 15) is 0 Å². The van der Waals surface area contributed by atoms with Gasteiger partial charge in [0.25, 0.3) is 0 Å². The van der Waals surface area contributed by atoms with Crippen LogP contribution in [0.4, 0.5) is 0 Å². The molecule has 0 atom stereocenters. The zero-order valence-electron chi connectivity index (χ0n) is 13.8. The van der Waals surface area contributed by atoms with Crippen molar-refractivity contribution >= 4 is 24.2 Å². The van der Waals surface area contributed by atoms with Crippen LogP contribution in [0.3, 0.4) is 0 Å². The van der Waals surface area contributed by atoms with E-state index in [1.54, 1.807) is 6.07 Å². The second-order valence-electron chi connectivity index (χ2n) is 5.25. The first kappa shape index (κ1) is 10.1. The lowest BCUT2D eigenvalue weighted by molar-refractivity contribution is 0.00578. The van der Waals surface area contributed by atoms with Crippen molar-refractivity contribution in [2.45, 2.75) is 38.9 Å². The molecule has 0 spiro atoms. The molecule has 0 unspecified atom stereocenters. The van der Waals surface area contributed by atoms with Gasteiger partial charge in [-0.05, 0) is 39.2 Å². The van der Waals surface area contributed by atoms with Crippen molar-refractivity contribution in [3.05, 3.63) is 17.3 Å². The van der Waals surface area contributed by atoms with Gasteiger partial charge in [0.15, 0.2) is 0 Å². The molecule has 0 bridgehead atoms. The molecule has 1 aliphatic heterocycles. The van der Waals surface area contributed by atoms with Gasteiger partial charge in [-0.15, -0.1) is 0 Å².